The van der Waals surface area contributed by atoms with Crippen molar-refractivity contribution in [3.05, 3.63) is 65.6 Å². The van der Waals surface area contributed by atoms with Gasteiger partial charge in [0.2, 0.25) is 0 Å². The molecular weight excluding hydrogens is 469 g/mol. The van der Waals surface area contributed by atoms with Gasteiger partial charge < -0.3 is 19.9 Å². The fourth-order valence-electron chi connectivity index (χ4n) is 4.79. The largest absolute Gasteiger partial charge is 0.443 e. The number of hydrogen-bond acceptors (Lipinski definition) is 6. The molecule has 1 amide bonds. The Labute approximate surface area is 209 Å². The van der Waals surface area contributed by atoms with Crippen LogP contribution in [0.4, 0.5) is 20.6 Å². The summed E-state index contributed by atoms with van der Waals surface area (Å²) < 4.78 is 19.7. The lowest BCUT2D eigenvalue weighted by Crippen LogP contribution is -2.49. The summed E-state index contributed by atoms with van der Waals surface area (Å²) in [5, 5.41) is 5.13. The van der Waals surface area contributed by atoms with E-state index in [1.165, 1.54) is 6.07 Å². The highest BCUT2D eigenvalue weighted by molar-refractivity contribution is 6.31. The van der Waals surface area contributed by atoms with Crippen LogP contribution in [0.2, 0.25) is 5.02 Å². The summed E-state index contributed by atoms with van der Waals surface area (Å²) in [7, 11) is 0. The third-order valence-electron chi connectivity index (χ3n) is 6.60. The van der Waals surface area contributed by atoms with Crippen molar-refractivity contribution in [2.24, 2.45) is 0 Å². The summed E-state index contributed by atoms with van der Waals surface area (Å²) in [5.74, 6) is -0.183. The van der Waals surface area contributed by atoms with Gasteiger partial charge in [0.15, 0.2) is 0 Å². The monoisotopic (exact) mass is 497 g/mol. The minimum Gasteiger partial charge on any atom is -0.443 e. The van der Waals surface area contributed by atoms with Crippen molar-refractivity contribution in [2.45, 2.75) is 12.5 Å². The van der Waals surface area contributed by atoms with Crippen molar-refractivity contribution in [2.75, 3.05) is 62.6 Å². The Hall–Kier alpha value is -3.10. The van der Waals surface area contributed by atoms with Gasteiger partial charge in [0.25, 0.3) is 0 Å². The van der Waals surface area contributed by atoms with Gasteiger partial charge in [0, 0.05) is 68.1 Å². The lowest BCUT2D eigenvalue weighted by Gasteiger charge is -2.36. The molecule has 5 rings (SSSR count). The van der Waals surface area contributed by atoms with E-state index in [9.17, 15) is 9.18 Å². The Balaban J connectivity index is 1.05. The number of para-hydroxylation sites is 1. The molecule has 1 N–H and O–H groups in total. The van der Waals surface area contributed by atoms with Gasteiger partial charge in [-0.1, -0.05) is 23.7 Å². The molecule has 3 heterocycles. The highest BCUT2D eigenvalue weighted by Crippen LogP contribution is 2.25. The zero-order valence-corrected chi connectivity index (χ0v) is 20.3. The molecule has 1 atom stereocenters. The lowest BCUT2D eigenvalue weighted by molar-refractivity contribution is 0.104. The molecule has 0 radical (unpaired) electrons. The van der Waals surface area contributed by atoms with Gasteiger partial charge in [-0.05, 0) is 42.8 Å². The summed E-state index contributed by atoms with van der Waals surface area (Å²) in [6.45, 7) is 5.82. The Morgan fingerprint density at radius 3 is 2.77 bits per heavy atom. The summed E-state index contributed by atoms with van der Waals surface area (Å²) in [6, 6.07) is 14.5. The van der Waals surface area contributed by atoms with E-state index in [0.717, 1.165) is 55.7 Å². The molecule has 184 valence electrons. The third-order valence-corrected chi connectivity index (χ3v) is 6.84. The zero-order valence-electron chi connectivity index (χ0n) is 19.5. The van der Waals surface area contributed by atoms with Crippen LogP contribution in [-0.4, -0.2) is 79.3 Å². The number of amides is 1. The van der Waals surface area contributed by atoms with E-state index in [1.54, 1.807) is 17.2 Å². The number of anilines is 2. The highest BCUT2D eigenvalue weighted by Gasteiger charge is 2.32. The molecule has 1 aromatic heterocycles. The van der Waals surface area contributed by atoms with Crippen molar-refractivity contribution in [1.29, 1.82) is 0 Å². The minimum atomic E-state index is -0.246. The van der Waals surface area contributed by atoms with Crippen LogP contribution in [0.5, 0.6) is 0 Å². The number of cyclic esters (lactones) is 1. The molecule has 0 saturated carbocycles. The molecule has 7 nitrogen and oxygen atoms in total. The first kappa shape index (κ1) is 23.6. The van der Waals surface area contributed by atoms with Crippen LogP contribution in [0.15, 0.2) is 54.7 Å². The van der Waals surface area contributed by atoms with Gasteiger partial charge in [-0.15, -0.1) is 0 Å². The summed E-state index contributed by atoms with van der Waals surface area (Å²) >= 11 is 6.07. The molecule has 2 aliphatic heterocycles. The average molecular weight is 498 g/mol. The molecule has 2 aliphatic rings. The number of ether oxygens (including phenoxy) is 1. The first-order valence-corrected chi connectivity index (χ1v) is 12.4. The van der Waals surface area contributed by atoms with Crippen LogP contribution in [0.1, 0.15) is 6.42 Å². The number of nitrogens with zero attached hydrogens (tertiary/aromatic N) is 4. The molecule has 2 aromatic carbocycles. The second kappa shape index (κ2) is 10.7. The predicted octanol–water partition coefficient (Wildman–Crippen LogP) is 4.47. The number of pyridine rings is 1. The van der Waals surface area contributed by atoms with Crippen LogP contribution in [0, 0.1) is 5.82 Å². The van der Waals surface area contributed by atoms with E-state index >= 15 is 0 Å². The number of halogens is 2. The molecule has 3 aromatic rings. The van der Waals surface area contributed by atoms with Crippen molar-refractivity contribution < 1.29 is 13.9 Å². The average Bonchev–Trinajstić information content (AvgIpc) is 3.21. The topological polar surface area (TPSA) is 60.9 Å². The van der Waals surface area contributed by atoms with Gasteiger partial charge in [-0.2, -0.15) is 0 Å². The lowest BCUT2D eigenvalue weighted by atomic mass is 10.2. The van der Waals surface area contributed by atoms with Gasteiger partial charge in [0.05, 0.1) is 17.7 Å². The number of benzene rings is 2. The Kier molecular flexibility index (Phi) is 7.20. The van der Waals surface area contributed by atoms with E-state index in [4.69, 9.17) is 16.3 Å². The van der Waals surface area contributed by atoms with E-state index in [0.29, 0.717) is 30.3 Å². The van der Waals surface area contributed by atoms with Gasteiger partial charge in [-0.25, -0.2) is 9.18 Å². The fraction of sp³-hybridized carbons (Fsp3) is 0.385. The number of hydrogen-bond donors (Lipinski definition) is 1. The summed E-state index contributed by atoms with van der Waals surface area (Å²) in [5.41, 5.74) is 2.51. The number of piperazine rings is 1. The Bertz CT molecular complexity index is 1190. The molecule has 0 unspecified atom stereocenters. The standard InChI is InChI=1S/C26H29ClFN5O2/c27-19-6-7-21-23(8-10-30-24(21)16-19)29-9-3-11-33-18-20(35-26(33)34)17-31-12-14-32(15-13-31)25-5-2-1-4-22(25)28/h1-2,4-8,10,16,20H,3,9,11-15,17-18H2,(H,29,30)/t20-/m0/s1. The van der Waals surface area contributed by atoms with Gasteiger partial charge in [0.1, 0.15) is 11.9 Å². The number of rotatable bonds is 8. The van der Waals surface area contributed by atoms with Gasteiger partial charge in [-0.3, -0.25) is 9.88 Å². The smallest absolute Gasteiger partial charge is 0.410 e. The molecule has 35 heavy (non-hydrogen) atoms. The predicted molar refractivity (Wildman–Crippen MR) is 137 cm³/mol. The van der Waals surface area contributed by atoms with Crippen LogP contribution >= 0.6 is 11.6 Å². The van der Waals surface area contributed by atoms with E-state index in [-0.39, 0.29) is 18.0 Å². The van der Waals surface area contributed by atoms with Gasteiger partial charge >= 0.3 is 6.09 Å². The van der Waals surface area contributed by atoms with E-state index < -0.39 is 0 Å². The number of nitrogens with one attached hydrogen (secondary N) is 1. The fourth-order valence-corrected chi connectivity index (χ4v) is 4.95. The maximum atomic E-state index is 14.1. The minimum absolute atomic E-state index is 0.135. The number of aromatic nitrogens is 1. The van der Waals surface area contributed by atoms with Crippen molar-refractivity contribution in [3.63, 3.8) is 0 Å². The van der Waals surface area contributed by atoms with Crippen molar-refractivity contribution in [3.8, 4) is 0 Å². The first-order valence-electron chi connectivity index (χ1n) is 12.0. The first-order chi connectivity index (χ1) is 17.1. The molecule has 0 aliphatic carbocycles. The number of carbonyl (C=O) groups excluding carboxylic acids is 1. The normalized spacial score (nSPS) is 18.8. The third kappa shape index (κ3) is 5.60. The van der Waals surface area contributed by atoms with E-state index in [1.807, 2.05) is 36.4 Å². The summed E-state index contributed by atoms with van der Waals surface area (Å²) in [4.78, 5) is 22.9. The second-order valence-electron chi connectivity index (χ2n) is 8.99. The molecule has 2 saturated heterocycles. The quantitative estimate of drug-likeness (QED) is 0.463. The molecule has 2 fully saturated rings. The second-order valence-corrected chi connectivity index (χ2v) is 9.43. The molecule has 9 heteroatoms. The zero-order chi connectivity index (χ0) is 24.2. The summed E-state index contributed by atoms with van der Waals surface area (Å²) in [6.07, 6.45) is 2.19. The van der Waals surface area contributed by atoms with Crippen molar-refractivity contribution >= 4 is 40.0 Å². The number of carbonyl (C=O) groups is 1. The molecule has 0 spiro atoms. The van der Waals surface area contributed by atoms with Crippen LogP contribution < -0.4 is 10.2 Å². The number of fused-ring (bicyclic) bond motifs is 1. The van der Waals surface area contributed by atoms with E-state index in [2.05, 4.69) is 20.1 Å². The molecule has 0 bridgehead atoms. The molecular formula is C26H29ClFN5O2. The Morgan fingerprint density at radius 1 is 1.11 bits per heavy atom. The maximum absolute atomic E-state index is 14.1. The maximum Gasteiger partial charge on any atom is 0.410 e. The SMILES string of the molecule is O=C1O[C@@H](CN2CCN(c3ccccc3F)CC2)CN1CCCNc1ccnc2cc(Cl)ccc12. The van der Waals surface area contributed by atoms with Crippen LogP contribution in [0.3, 0.4) is 0 Å². The highest BCUT2D eigenvalue weighted by atomic mass is 35.5. The van der Waals surface area contributed by atoms with Crippen LogP contribution in [0.25, 0.3) is 10.9 Å². The Morgan fingerprint density at radius 2 is 1.94 bits per heavy atom. The van der Waals surface area contributed by atoms with Crippen molar-refractivity contribution in [1.82, 2.24) is 14.8 Å². The van der Waals surface area contributed by atoms with Crippen LogP contribution in [-0.2, 0) is 4.74 Å².